The molecule has 27 heavy (non-hydrogen) atoms. The van der Waals surface area contributed by atoms with E-state index < -0.39 is 5.91 Å². The molecule has 0 saturated carbocycles. The zero-order chi connectivity index (χ0) is 19.7. The Morgan fingerprint density at radius 2 is 2.04 bits per heavy atom. The molecule has 0 aliphatic heterocycles. The maximum atomic E-state index is 12.5. The van der Waals surface area contributed by atoms with Gasteiger partial charge in [0.25, 0.3) is 11.8 Å². The van der Waals surface area contributed by atoms with Gasteiger partial charge >= 0.3 is 0 Å². The average Bonchev–Trinajstić information content (AvgIpc) is 3.22. The van der Waals surface area contributed by atoms with E-state index in [0.717, 1.165) is 16.9 Å². The minimum Gasteiger partial charge on any atom is -0.508 e. The summed E-state index contributed by atoms with van der Waals surface area (Å²) in [4.78, 5) is 28.5. The first kappa shape index (κ1) is 18.4. The van der Waals surface area contributed by atoms with E-state index in [1.54, 1.807) is 26.1 Å². The molecule has 3 aromatic rings. The van der Waals surface area contributed by atoms with E-state index in [9.17, 15) is 14.7 Å². The fourth-order valence-electron chi connectivity index (χ4n) is 2.50. The fraction of sp³-hybridized carbons (Fsp3) is 0.176. The highest BCUT2D eigenvalue weighted by molar-refractivity contribution is 7.17. The zero-order valence-electron chi connectivity index (χ0n) is 14.9. The van der Waals surface area contributed by atoms with E-state index in [4.69, 9.17) is 5.73 Å². The van der Waals surface area contributed by atoms with Crippen LogP contribution in [0.25, 0.3) is 0 Å². The van der Waals surface area contributed by atoms with Gasteiger partial charge < -0.3 is 21.5 Å². The summed E-state index contributed by atoms with van der Waals surface area (Å²) in [7, 11) is 1.66. The SMILES string of the molecule is Cc1ccc(O)c(C)c1NC(=O)c1cnc(Nc2nn(C)cc2C(N)=O)s1. The van der Waals surface area contributed by atoms with Crippen molar-refractivity contribution in [1.29, 1.82) is 0 Å². The Balaban J connectivity index is 1.79. The molecule has 9 nitrogen and oxygen atoms in total. The number of nitrogens with zero attached hydrogens (tertiary/aromatic N) is 3. The lowest BCUT2D eigenvalue weighted by atomic mass is 10.1. The Bertz CT molecular complexity index is 1040. The molecule has 2 heterocycles. The van der Waals surface area contributed by atoms with Crippen molar-refractivity contribution in [2.24, 2.45) is 12.8 Å². The fourth-order valence-corrected chi connectivity index (χ4v) is 3.21. The zero-order valence-corrected chi connectivity index (χ0v) is 15.7. The normalized spacial score (nSPS) is 10.6. The summed E-state index contributed by atoms with van der Waals surface area (Å²) in [6.07, 6.45) is 2.92. The highest BCUT2D eigenvalue weighted by Crippen LogP contribution is 2.29. The monoisotopic (exact) mass is 386 g/mol. The number of nitrogens with two attached hydrogens (primary N) is 1. The maximum Gasteiger partial charge on any atom is 0.267 e. The van der Waals surface area contributed by atoms with Gasteiger partial charge in [0.2, 0.25) is 0 Å². The topological polar surface area (TPSA) is 135 Å². The van der Waals surface area contributed by atoms with Crippen LogP contribution in [0.4, 0.5) is 16.6 Å². The van der Waals surface area contributed by atoms with Crippen molar-refractivity contribution in [3.8, 4) is 5.75 Å². The molecule has 10 heteroatoms. The molecule has 0 radical (unpaired) electrons. The first-order valence-corrected chi connectivity index (χ1v) is 8.74. The van der Waals surface area contributed by atoms with Crippen LogP contribution in [0.3, 0.4) is 0 Å². The van der Waals surface area contributed by atoms with Crippen LogP contribution in [-0.2, 0) is 7.05 Å². The number of hydrogen-bond acceptors (Lipinski definition) is 7. The predicted molar refractivity (Wildman–Crippen MR) is 103 cm³/mol. The highest BCUT2D eigenvalue weighted by Gasteiger charge is 2.17. The van der Waals surface area contributed by atoms with E-state index in [-0.39, 0.29) is 23.0 Å². The summed E-state index contributed by atoms with van der Waals surface area (Å²) in [5, 5.41) is 20.0. The van der Waals surface area contributed by atoms with Gasteiger partial charge in [0, 0.05) is 18.8 Å². The predicted octanol–water partition coefficient (Wildman–Crippen LogP) is 2.29. The molecule has 0 unspecified atom stereocenters. The number of benzene rings is 1. The number of aromatic nitrogens is 3. The standard InChI is InChI=1S/C17H18N6O3S/c1-8-4-5-11(24)9(2)13(8)20-16(26)12-6-19-17(27-12)21-15-10(14(18)25)7-23(3)22-15/h4-7,24H,1-3H3,(H2,18,25)(H,20,26)(H,19,21,22). The first-order chi connectivity index (χ1) is 12.8. The van der Waals surface area contributed by atoms with Crippen LogP contribution in [0.2, 0.25) is 0 Å². The molecule has 5 N–H and O–H groups in total. The van der Waals surface area contributed by atoms with Crippen molar-refractivity contribution >= 4 is 39.8 Å². The Morgan fingerprint density at radius 3 is 2.74 bits per heavy atom. The molecule has 1 aromatic carbocycles. The minimum atomic E-state index is -0.616. The third-order valence-electron chi connectivity index (χ3n) is 3.93. The number of aromatic hydroxyl groups is 1. The largest absolute Gasteiger partial charge is 0.508 e. The number of anilines is 3. The van der Waals surface area contributed by atoms with Crippen molar-refractivity contribution in [3.05, 3.63) is 46.1 Å². The van der Waals surface area contributed by atoms with Crippen LogP contribution in [0.1, 0.15) is 31.2 Å². The quantitative estimate of drug-likeness (QED) is 0.531. The Hall–Kier alpha value is -3.40. The summed E-state index contributed by atoms with van der Waals surface area (Å²) in [5.41, 5.74) is 7.54. The van der Waals surface area contributed by atoms with Crippen LogP contribution in [0.5, 0.6) is 5.75 Å². The van der Waals surface area contributed by atoms with Gasteiger partial charge in [-0.2, -0.15) is 5.10 Å². The van der Waals surface area contributed by atoms with Crippen LogP contribution in [0, 0.1) is 13.8 Å². The second-order valence-electron chi connectivity index (χ2n) is 5.94. The van der Waals surface area contributed by atoms with Crippen LogP contribution in [-0.4, -0.2) is 31.7 Å². The van der Waals surface area contributed by atoms with E-state index >= 15 is 0 Å². The van der Waals surface area contributed by atoms with E-state index in [1.807, 2.05) is 6.92 Å². The van der Waals surface area contributed by atoms with Gasteiger partial charge in [0.1, 0.15) is 16.2 Å². The molecule has 0 spiro atoms. The second kappa shape index (κ2) is 7.08. The third-order valence-corrected chi connectivity index (χ3v) is 4.84. The third kappa shape index (κ3) is 3.75. The van der Waals surface area contributed by atoms with Crippen molar-refractivity contribution < 1.29 is 14.7 Å². The first-order valence-electron chi connectivity index (χ1n) is 7.93. The summed E-state index contributed by atoms with van der Waals surface area (Å²) < 4.78 is 1.46. The van der Waals surface area contributed by atoms with E-state index in [1.165, 1.54) is 17.1 Å². The number of nitrogens with one attached hydrogen (secondary N) is 2. The number of carbonyl (C=O) groups is 2. The van der Waals surface area contributed by atoms with Gasteiger partial charge in [-0.15, -0.1) is 0 Å². The molecule has 140 valence electrons. The number of carbonyl (C=O) groups excluding carboxylic acids is 2. The van der Waals surface area contributed by atoms with Gasteiger partial charge in [-0.05, 0) is 25.5 Å². The highest BCUT2D eigenvalue weighted by atomic mass is 32.1. The lowest BCUT2D eigenvalue weighted by molar-refractivity contribution is 0.0998. The summed E-state index contributed by atoms with van der Waals surface area (Å²) in [5.74, 6) is -0.592. The molecular formula is C17H18N6O3S. The molecular weight excluding hydrogens is 368 g/mol. The summed E-state index contributed by atoms with van der Waals surface area (Å²) in [6, 6.07) is 3.31. The smallest absolute Gasteiger partial charge is 0.267 e. The summed E-state index contributed by atoms with van der Waals surface area (Å²) >= 11 is 1.10. The number of phenolic OH excluding ortho intramolecular Hbond substituents is 1. The van der Waals surface area contributed by atoms with Crippen LogP contribution >= 0.6 is 11.3 Å². The Labute approximate surface area is 158 Å². The van der Waals surface area contributed by atoms with Gasteiger partial charge in [-0.1, -0.05) is 17.4 Å². The van der Waals surface area contributed by atoms with Gasteiger partial charge in [0.15, 0.2) is 10.9 Å². The maximum absolute atomic E-state index is 12.5. The molecule has 0 bridgehead atoms. The lowest BCUT2D eigenvalue weighted by Gasteiger charge is -2.11. The molecule has 0 aliphatic rings. The van der Waals surface area contributed by atoms with Gasteiger partial charge in [0.05, 0.1) is 11.9 Å². The second-order valence-corrected chi connectivity index (χ2v) is 6.97. The molecule has 2 amide bonds. The van der Waals surface area contributed by atoms with Crippen molar-refractivity contribution in [1.82, 2.24) is 14.8 Å². The number of phenols is 1. The number of hydrogen-bond donors (Lipinski definition) is 4. The number of amides is 2. The lowest BCUT2D eigenvalue weighted by Crippen LogP contribution is -2.12. The van der Waals surface area contributed by atoms with E-state index in [2.05, 4.69) is 20.7 Å². The summed E-state index contributed by atoms with van der Waals surface area (Å²) in [6.45, 7) is 3.57. The number of rotatable bonds is 5. The minimum absolute atomic E-state index is 0.108. The molecule has 0 fully saturated rings. The number of primary amides is 1. The van der Waals surface area contributed by atoms with Gasteiger partial charge in [-0.25, -0.2) is 4.98 Å². The molecule has 2 aromatic heterocycles. The van der Waals surface area contributed by atoms with Gasteiger partial charge in [-0.3, -0.25) is 14.3 Å². The Morgan fingerprint density at radius 1 is 1.30 bits per heavy atom. The number of thiazole rings is 1. The molecule has 0 aliphatic carbocycles. The van der Waals surface area contributed by atoms with Crippen LogP contribution < -0.4 is 16.4 Å². The number of aryl methyl sites for hydroxylation is 2. The molecule has 3 rings (SSSR count). The Kier molecular flexibility index (Phi) is 4.82. The van der Waals surface area contributed by atoms with Crippen molar-refractivity contribution in [2.75, 3.05) is 10.6 Å². The van der Waals surface area contributed by atoms with Crippen molar-refractivity contribution in [3.63, 3.8) is 0 Å². The van der Waals surface area contributed by atoms with Crippen LogP contribution in [0.15, 0.2) is 24.5 Å². The van der Waals surface area contributed by atoms with E-state index in [0.29, 0.717) is 21.3 Å². The van der Waals surface area contributed by atoms with Crippen molar-refractivity contribution in [2.45, 2.75) is 13.8 Å². The average molecular weight is 386 g/mol. The molecule has 0 saturated heterocycles. The molecule has 0 atom stereocenters.